The van der Waals surface area contributed by atoms with Crippen molar-refractivity contribution in [1.82, 2.24) is 19.9 Å². The zero-order valence-corrected chi connectivity index (χ0v) is 17.8. The van der Waals surface area contributed by atoms with Gasteiger partial charge in [0.1, 0.15) is 12.4 Å². The van der Waals surface area contributed by atoms with Crippen LogP contribution in [0.1, 0.15) is 22.5 Å². The van der Waals surface area contributed by atoms with E-state index in [1.54, 1.807) is 19.2 Å². The molecule has 3 heterocycles. The zero-order valence-electron chi connectivity index (χ0n) is 17.8. The van der Waals surface area contributed by atoms with Gasteiger partial charge in [-0.1, -0.05) is 12.1 Å². The van der Waals surface area contributed by atoms with Crippen molar-refractivity contribution in [1.29, 1.82) is 0 Å². The van der Waals surface area contributed by atoms with Crippen LogP contribution in [0.25, 0.3) is 0 Å². The van der Waals surface area contributed by atoms with E-state index in [1.807, 2.05) is 31.2 Å². The first kappa shape index (κ1) is 21.2. The number of nitrogens with two attached hydrogens (primary N) is 1. The van der Waals surface area contributed by atoms with Crippen LogP contribution >= 0.6 is 0 Å². The summed E-state index contributed by atoms with van der Waals surface area (Å²) >= 11 is 0. The van der Waals surface area contributed by atoms with Gasteiger partial charge in [-0.3, -0.25) is 14.2 Å². The Morgan fingerprint density at radius 3 is 2.78 bits per heavy atom. The van der Waals surface area contributed by atoms with Gasteiger partial charge in [-0.2, -0.15) is 0 Å². The van der Waals surface area contributed by atoms with Crippen LogP contribution in [-0.2, 0) is 24.4 Å². The molecule has 4 N–H and O–H groups in total. The Balaban J connectivity index is 1.41. The summed E-state index contributed by atoms with van der Waals surface area (Å²) in [5.41, 5.74) is 8.39. The lowest BCUT2D eigenvalue weighted by molar-refractivity contribution is -0.121. The number of pyridine rings is 1. The van der Waals surface area contributed by atoms with Crippen LogP contribution in [0.2, 0.25) is 0 Å². The number of nitrogen functional groups attached to an aromatic ring is 1. The van der Waals surface area contributed by atoms with Gasteiger partial charge < -0.3 is 25.8 Å². The Labute approximate surface area is 184 Å². The molecule has 10 nitrogen and oxygen atoms in total. The van der Waals surface area contributed by atoms with Crippen molar-refractivity contribution < 1.29 is 14.3 Å². The van der Waals surface area contributed by atoms with E-state index in [1.165, 1.54) is 4.57 Å². The lowest BCUT2D eigenvalue weighted by Crippen LogP contribution is -2.34. The number of ether oxygens (including phenoxy) is 2. The number of amides is 1. The number of aryl methyl sites for hydroxylation is 2. The summed E-state index contributed by atoms with van der Waals surface area (Å²) in [5, 5.41) is 5.86. The molecule has 0 unspecified atom stereocenters. The third-order valence-corrected chi connectivity index (χ3v) is 5.15. The molecule has 0 radical (unpaired) electrons. The normalized spacial score (nSPS) is 11.9. The predicted octanol–water partition coefficient (Wildman–Crippen LogP) is 1.49. The average molecular weight is 436 g/mol. The fraction of sp³-hybridized carbons (Fsp3) is 0.273. The molecule has 0 spiro atoms. The minimum absolute atomic E-state index is 0.118. The van der Waals surface area contributed by atoms with Crippen LogP contribution < -0.4 is 31.4 Å². The van der Waals surface area contributed by atoms with Crippen LogP contribution in [0.3, 0.4) is 0 Å². The number of hydrogen-bond acceptors (Lipinski definition) is 8. The second-order valence-electron chi connectivity index (χ2n) is 7.44. The first-order valence-electron chi connectivity index (χ1n) is 10.1. The van der Waals surface area contributed by atoms with Gasteiger partial charge in [0, 0.05) is 30.7 Å². The minimum atomic E-state index is -0.369. The van der Waals surface area contributed by atoms with E-state index in [0.717, 1.165) is 16.8 Å². The third kappa shape index (κ3) is 4.64. The highest BCUT2D eigenvalue weighted by atomic mass is 16.7. The van der Waals surface area contributed by atoms with Crippen molar-refractivity contribution in [2.24, 2.45) is 0 Å². The quantitative estimate of drug-likeness (QED) is 0.507. The van der Waals surface area contributed by atoms with Crippen molar-refractivity contribution in [2.45, 2.75) is 33.5 Å². The number of fused-ring (bicyclic) bond motifs is 1. The Morgan fingerprint density at radius 2 is 1.97 bits per heavy atom. The van der Waals surface area contributed by atoms with Crippen LogP contribution in [0.4, 0.5) is 11.6 Å². The maximum Gasteiger partial charge on any atom is 0.293 e. The number of aromatic nitrogens is 3. The van der Waals surface area contributed by atoms with Gasteiger partial charge in [-0.15, -0.1) is 0 Å². The molecule has 0 bridgehead atoms. The van der Waals surface area contributed by atoms with Crippen molar-refractivity contribution in [3.63, 3.8) is 0 Å². The second kappa shape index (κ2) is 8.96. The first-order chi connectivity index (χ1) is 15.4. The SMILES string of the molecule is Cc1nc(N)ccc1CNC(=O)Cn1c(C)cnc(NCc2ccc3c(c2)OCO3)c1=O. The number of rotatable bonds is 7. The Hall–Kier alpha value is -4.08. The third-order valence-electron chi connectivity index (χ3n) is 5.15. The molecule has 3 aromatic rings. The fourth-order valence-corrected chi connectivity index (χ4v) is 3.31. The lowest BCUT2D eigenvalue weighted by Gasteiger charge is -2.13. The van der Waals surface area contributed by atoms with E-state index in [9.17, 15) is 9.59 Å². The van der Waals surface area contributed by atoms with E-state index in [2.05, 4.69) is 20.6 Å². The molecule has 0 atom stereocenters. The lowest BCUT2D eigenvalue weighted by atomic mass is 10.2. The van der Waals surface area contributed by atoms with Crippen LogP contribution in [-0.4, -0.2) is 27.2 Å². The number of carbonyl (C=O) groups is 1. The topological polar surface area (TPSA) is 133 Å². The van der Waals surface area contributed by atoms with Gasteiger partial charge in [-0.05, 0) is 43.2 Å². The van der Waals surface area contributed by atoms with E-state index < -0.39 is 0 Å². The van der Waals surface area contributed by atoms with E-state index in [0.29, 0.717) is 36.1 Å². The number of nitrogens with zero attached hydrogens (tertiary/aromatic N) is 3. The minimum Gasteiger partial charge on any atom is -0.454 e. The molecule has 10 heteroatoms. The van der Waals surface area contributed by atoms with E-state index >= 15 is 0 Å². The van der Waals surface area contributed by atoms with Gasteiger partial charge in [0.05, 0.1) is 0 Å². The molecule has 32 heavy (non-hydrogen) atoms. The summed E-state index contributed by atoms with van der Waals surface area (Å²) in [5.74, 6) is 1.67. The molecule has 1 aliphatic heterocycles. The smallest absolute Gasteiger partial charge is 0.293 e. The molecule has 4 rings (SSSR count). The molecule has 0 saturated carbocycles. The molecular formula is C22H24N6O4. The van der Waals surface area contributed by atoms with Gasteiger partial charge >= 0.3 is 0 Å². The summed E-state index contributed by atoms with van der Waals surface area (Å²) in [6.45, 7) is 4.31. The summed E-state index contributed by atoms with van der Waals surface area (Å²) in [6.07, 6.45) is 1.56. The largest absolute Gasteiger partial charge is 0.454 e. The Morgan fingerprint density at radius 1 is 1.16 bits per heavy atom. The average Bonchev–Trinajstić information content (AvgIpc) is 3.23. The summed E-state index contributed by atoms with van der Waals surface area (Å²) in [7, 11) is 0. The van der Waals surface area contributed by atoms with Gasteiger partial charge in [0.15, 0.2) is 17.3 Å². The zero-order chi connectivity index (χ0) is 22.7. The number of hydrogen-bond donors (Lipinski definition) is 3. The molecule has 0 fully saturated rings. The second-order valence-corrected chi connectivity index (χ2v) is 7.44. The standard InChI is InChI=1S/C22H24N6O4/c1-13-8-25-21(26-9-15-3-5-17-18(7-15)32-12-31-17)22(30)28(13)11-20(29)24-10-16-4-6-19(23)27-14(16)2/h3-8H,9-12H2,1-2H3,(H2,23,27)(H,24,29)(H,25,26). The van der Waals surface area contributed by atoms with Crippen molar-refractivity contribution in [2.75, 3.05) is 17.8 Å². The highest BCUT2D eigenvalue weighted by molar-refractivity contribution is 5.75. The molecule has 1 aliphatic rings. The highest BCUT2D eigenvalue weighted by Crippen LogP contribution is 2.32. The van der Waals surface area contributed by atoms with E-state index in [-0.39, 0.29) is 30.6 Å². The summed E-state index contributed by atoms with van der Waals surface area (Å²) in [6, 6.07) is 9.06. The molecule has 1 amide bonds. The number of nitrogens with one attached hydrogen (secondary N) is 2. The van der Waals surface area contributed by atoms with Crippen LogP contribution in [0, 0.1) is 13.8 Å². The van der Waals surface area contributed by atoms with Crippen molar-refractivity contribution in [3.05, 3.63) is 69.4 Å². The molecule has 166 valence electrons. The van der Waals surface area contributed by atoms with Crippen LogP contribution in [0.5, 0.6) is 11.5 Å². The van der Waals surface area contributed by atoms with E-state index in [4.69, 9.17) is 15.2 Å². The monoisotopic (exact) mass is 436 g/mol. The molecular weight excluding hydrogens is 412 g/mol. The Bertz CT molecular complexity index is 1220. The first-order valence-corrected chi connectivity index (χ1v) is 10.1. The Kier molecular flexibility index (Phi) is 5.93. The van der Waals surface area contributed by atoms with Gasteiger partial charge in [0.25, 0.3) is 5.56 Å². The van der Waals surface area contributed by atoms with Crippen molar-refractivity contribution in [3.8, 4) is 11.5 Å². The maximum atomic E-state index is 12.9. The fourth-order valence-electron chi connectivity index (χ4n) is 3.31. The molecule has 0 saturated heterocycles. The summed E-state index contributed by atoms with van der Waals surface area (Å²) < 4.78 is 12.1. The van der Waals surface area contributed by atoms with Crippen LogP contribution in [0.15, 0.2) is 41.3 Å². The number of benzene rings is 1. The highest BCUT2D eigenvalue weighted by Gasteiger charge is 2.15. The summed E-state index contributed by atoms with van der Waals surface area (Å²) in [4.78, 5) is 33.7. The van der Waals surface area contributed by atoms with Gasteiger partial charge in [-0.25, -0.2) is 9.97 Å². The molecule has 1 aromatic carbocycles. The number of carbonyl (C=O) groups excluding carboxylic acids is 1. The van der Waals surface area contributed by atoms with Gasteiger partial charge in [0.2, 0.25) is 12.7 Å². The molecule has 0 aliphatic carbocycles. The van der Waals surface area contributed by atoms with Crippen molar-refractivity contribution >= 4 is 17.5 Å². The predicted molar refractivity (Wildman–Crippen MR) is 118 cm³/mol. The molecule has 2 aromatic heterocycles. The maximum absolute atomic E-state index is 12.9. The number of anilines is 2.